The molecule has 7 rings (SSSR count). The predicted molar refractivity (Wildman–Crippen MR) is 199 cm³/mol. The number of nitrogens with zero attached hydrogens (tertiary/aromatic N) is 3. The molecule has 6 aromatic carbocycles. The molecule has 1 aromatic heterocycles. The van der Waals surface area contributed by atoms with E-state index < -0.39 is 14.1 Å². The van der Waals surface area contributed by atoms with E-state index in [9.17, 15) is 0 Å². The molecule has 0 N–H and O–H groups in total. The smallest absolute Gasteiger partial charge is 0.0896 e. The lowest BCUT2D eigenvalue weighted by Crippen LogP contribution is -2.34. The Hall–Kier alpha value is -5.07. The van der Waals surface area contributed by atoms with Gasteiger partial charge in [-0.2, -0.15) is 0 Å². The van der Waals surface area contributed by atoms with Gasteiger partial charge >= 0.3 is 0 Å². The summed E-state index contributed by atoms with van der Waals surface area (Å²) in [5.41, 5.74) is 3.75. The summed E-state index contributed by atoms with van der Waals surface area (Å²) in [4.78, 5) is 5.73. The van der Waals surface area contributed by atoms with E-state index >= 15 is 0 Å². The lowest BCUT2D eigenvalue weighted by Gasteiger charge is -2.29. The minimum atomic E-state index is -2.65. The molecule has 0 aliphatic rings. The van der Waals surface area contributed by atoms with Gasteiger partial charge in [0.1, 0.15) is 0 Å². The molecular formula is C41H33N3P2. The molecule has 0 spiro atoms. The van der Waals surface area contributed by atoms with Crippen LogP contribution in [0.25, 0.3) is 0 Å². The number of hydrogen-bond donors (Lipinski definition) is 0. The first-order chi connectivity index (χ1) is 22.8. The van der Waals surface area contributed by atoms with Crippen LogP contribution in [0.1, 0.15) is 0 Å². The van der Waals surface area contributed by atoms with Crippen LogP contribution in [-0.4, -0.2) is 4.98 Å². The molecule has 222 valence electrons. The first-order valence-electron chi connectivity index (χ1n) is 15.3. The number of pyridine rings is 1. The van der Waals surface area contributed by atoms with Crippen molar-refractivity contribution in [2.24, 2.45) is 9.49 Å². The van der Waals surface area contributed by atoms with Crippen molar-refractivity contribution in [1.82, 2.24) is 4.98 Å². The standard InChI is InChI=1S/C41H33N3P2/c1-7-20-34(21-8-1)43-45(36-24-11-3-12-25-36,37-26-13-4-14-27-37)40-32-19-33-41(42-40)46(38-28-15-5-16-29-38,39-30-17-6-18-31-39)44-35-22-9-2-10-23-35/h1-33H. The summed E-state index contributed by atoms with van der Waals surface area (Å²) in [7, 11) is -5.29. The predicted octanol–water partition coefficient (Wildman–Crippen LogP) is 8.70. The number of aromatic nitrogens is 1. The Labute approximate surface area is 271 Å². The molecule has 0 amide bonds. The van der Waals surface area contributed by atoms with Gasteiger partial charge < -0.3 is 0 Å². The Balaban J connectivity index is 1.62. The van der Waals surface area contributed by atoms with Gasteiger partial charge in [0.15, 0.2) is 0 Å². The van der Waals surface area contributed by atoms with Gasteiger partial charge in [0, 0.05) is 21.2 Å². The maximum Gasteiger partial charge on any atom is 0.0896 e. The molecule has 0 radical (unpaired) electrons. The van der Waals surface area contributed by atoms with Gasteiger partial charge in [-0.1, -0.05) is 164 Å². The van der Waals surface area contributed by atoms with Crippen molar-refractivity contribution < 1.29 is 0 Å². The lowest BCUT2D eigenvalue weighted by molar-refractivity contribution is 1.43. The second-order valence-corrected chi connectivity index (χ2v) is 16.8. The quantitative estimate of drug-likeness (QED) is 0.155. The number of benzene rings is 6. The minimum absolute atomic E-state index is 0.928. The van der Waals surface area contributed by atoms with Crippen molar-refractivity contribution in [3.63, 3.8) is 0 Å². The monoisotopic (exact) mass is 629 g/mol. The summed E-state index contributed by atoms with van der Waals surface area (Å²) in [5, 5.41) is 4.60. The zero-order chi connectivity index (χ0) is 31.1. The lowest BCUT2D eigenvalue weighted by atomic mass is 10.3. The molecule has 0 atom stereocenters. The highest BCUT2D eigenvalue weighted by Gasteiger charge is 2.33. The summed E-state index contributed by atoms with van der Waals surface area (Å²) in [5.74, 6) is 0. The molecule has 3 nitrogen and oxygen atoms in total. The van der Waals surface area contributed by atoms with Crippen molar-refractivity contribution in [2.45, 2.75) is 0 Å². The normalized spacial score (nSPS) is 11.5. The fourth-order valence-corrected chi connectivity index (χ4v) is 12.7. The Morgan fingerprint density at radius 1 is 0.283 bits per heavy atom. The molecule has 0 aliphatic carbocycles. The fraction of sp³-hybridized carbons (Fsp3) is 0. The first kappa shape index (κ1) is 29.6. The van der Waals surface area contributed by atoms with Gasteiger partial charge in [-0.15, -0.1) is 0 Å². The Bertz CT molecular complexity index is 1900. The van der Waals surface area contributed by atoms with Crippen LogP contribution in [-0.2, 0) is 0 Å². The average Bonchev–Trinajstić information content (AvgIpc) is 3.15. The van der Waals surface area contributed by atoms with Gasteiger partial charge in [-0.3, -0.25) is 9.49 Å². The van der Waals surface area contributed by atoms with Crippen LogP contribution < -0.4 is 32.1 Å². The van der Waals surface area contributed by atoms with E-state index in [2.05, 4.69) is 164 Å². The van der Waals surface area contributed by atoms with Crippen molar-refractivity contribution in [3.8, 4) is 0 Å². The van der Waals surface area contributed by atoms with Crippen LogP contribution in [0.5, 0.6) is 0 Å². The topological polar surface area (TPSA) is 37.6 Å². The van der Waals surface area contributed by atoms with Gasteiger partial charge in [0.05, 0.1) is 36.4 Å². The van der Waals surface area contributed by atoms with E-state index in [4.69, 9.17) is 14.5 Å². The summed E-state index contributed by atoms with van der Waals surface area (Å²) in [6.07, 6.45) is 0. The molecule has 7 aromatic rings. The second-order valence-electron chi connectivity index (χ2n) is 10.8. The summed E-state index contributed by atoms with van der Waals surface area (Å²) in [6.45, 7) is 0. The van der Waals surface area contributed by atoms with Gasteiger partial charge in [0.2, 0.25) is 0 Å². The van der Waals surface area contributed by atoms with E-state index in [1.807, 2.05) is 36.4 Å². The highest BCUT2D eigenvalue weighted by molar-refractivity contribution is 7.88. The van der Waals surface area contributed by atoms with Crippen LogP contribution in [0.4, 0.5) is 11.4 Å². The molecule has 0 aliphatic heterocycles. The fourth-order valence-electron chi connectivity index (χ4n) is 5.84. The number of hydrogen-bond acceptors (Lipinski definition) is 3. The molecule has 0 bridgehead atoms. The third-order valence-electron chi connectivity index (χ3n) is 7.95. The highest BCUT2D eigenvalue weighted by Crippen LogP contribution is 2.51. The molecule has 0 saturated carbocycles. The molecule has 0 saturated heterocycles. The summed E-state index contributed by atoms with van der Waals surface area (Å²) < 4.78 is 11.4. The molecule has 0 fully saturated rings. The van der Waals surface area contributed by atoms with E-state index in [0.29, 0.717) is 0 Å². The summed E-state index contributed by atoms with van der Waals surface area (Å²) >= 11 is 0. The zero-order valence-electron chi connectivity index (χ0n) is 25.3. The average molecular weight is 630 g/mol. The van der Waals surface area contributed by atoms with Crippen molar-refractivity contribution >= 4 is 57.6 Å². The van der Waals surface area contributed by atoms with E-state index in [-0.39, 0.29) is 0 Å². The van der Waals surface area contributed by atoms with Crippen LogP contribution >= 0.6 is 14.1 Å². The first-order valence-corrected chi connectivity index (χ1v) is 18.8. The van der Waals surface area contributed by atoms with E-state index in [1.165, 1.54) is 0 Å². The van der Waals surface area contributed by atoms with Crippen LogP contribution in [0.2, 0.25) is 0 Å². The molecule has 46 heavy (non-hydrogen) atoms. The third kappa shape index (κ3) is 5.72. The van der Waals surface area contributed by atoms with E-state index in [0.717, 1.165) is 43.5 Å². The second kappa shape index (κ2) is 13.5. The van der Waals surface area contributed by atoms with Crippen LogP contribution in [0.15, 0.2) is 210 Å². The molecule has 5 heteroatoms. The van der Waals surface area contributed by atoms with Crippen molar-refractivity contribution in [1.29, 1.82) is 0 Å². The molecular weight excluding hydrogens is 596 g/mol. The van der Waals surface area contributed by atoms with Crippen LogP contribution in [0.3, 0.4) is 0 Å². The number of rotatable bonds is 8. The maximum absolute atomic E-state index is 5.73. The third-order valence-corrected chi connectivity index (χ3v) is 15.0. The highest BCUT2D eigenvalue weighted by atomic mass is 31.2. The SMILES string of the molecule is c1ccc(N=P(c2ccccc2)(c2ccccc2)c2cccc(P(=Nc3ccccc3)(c3ccccc3)c3ccccc3)n2)cc1. The van der Waals surface area contributed by atoms with Gasteiger partial charge in [0.25, 0.3) is 0 Å². The Kier molecular flexibility index (Phi) is 8.70. The molecule has 0 unspecified atom stereocenters. The largest absolute Gasteiger partial charge is 0.252 e. The molecule has 1 heterocycles. The van der Waals surface area contributed by atoms with Gasteiger partial charge in [-0.05, 0) is 36.4 Å². The van der Waals surface area contributed by atoms with Gasteiger partial charge in [-0.25, -0.2) is 4.98 Å². The van der Waals surface area contributed by atoms with Crippen LogP contribution in [0, 0.1) is 0 Å². The van der Waals surface area contributed by atoms with Crippen molar-refractivity contribution in [2.75, 3.05) is 0 Å². The van der Waals surface area contributed by atoms with Crippen molar-refractivity contribution in [3.05, 3.63) is 200 Å². The Morgan fingerprint density at radius 2 is 0.543 bits per heavy atom. The maximum atomic E-state index is 5.73. The summed E-state index contributed by atoms with van der Waals surface area (Å²) in [6, 6.07) is 69.8. The zero-order valence-corrected chi connectivity index (χ0v) is 27.1. The Morgan fingerprint density at radius 3 is 0.826 bits per heavy atom. The van der Waals surface area contributed by atoms with E-state index in [1.54, 1.807) is 0 Å². The minimum Gasteiger partial charge on any atom is -0.252 e.